The van der Waals surface area contributed by atoms with Crippen LogP contribution in [0.4, 0.5) is 16.2 Å². The molecule has 0 heterocycles. The zero-order valence-corrected chi connectivity index (χ0v) is 14.3. The van der Waals surface area contributed by atoms with E-state index in [2.05, 4.69) is 10.6 Å². The van der Waals surface area contributed by atoms with Crippen molar-refractivity contribution in [3.8, 4) is 5.75 Å². The maximum absolute atomic E-state index is 12.2. The van der Waals surface area contributed by atoms with E-state index in [9.17, 15) is 19.7 Å². The lowest BCUT2D eigenvalue weighted by Gasteiger charge is -2.10. The van der Waals surface area contributed by atoms with Gasteiger partial charge in [0.15, 0.2) is 5.75 Å². The Balaban J connectivity index is 1.77. The average molecular weight is 365 g/mol. The van der Waals surface area contributed by atoms with Crippen LogP contribution in [0.15, 0.2) is 60.7 Å². The number of ether oxygens (including phenoxy) is 1. The second-order valence-corrected chi connectivity index (χ2v) is 5.58. The van der Waals surface area contributed by atoms with E-state index in [1.165, 1.54) is 19.2 Å². The largest absolute Gasteiger partial charge is 0.490 e. The molecule has 3 amide bonds. The highest BCUT2D eigenvalue weighted by Crippen LogP contribution is 2.27. The predicted octanol–water partition coefficient (Wildman–Crippen LogP) is 3.72. The maximum Gasteiger partial charge on any atom is 0.326 e. The van der Waals surface area contributed by atoms with Crippen LogP contribution in [0.5, 0.6) is 5.75 Å². The van der Waals surface area contributed by atoms with Crippen LogP contribution in [-0.2, 0) is 0 Å². The van der Waals surface area contributed by atoms with Gasteiger partial charge in [0.1, 0.15) is 0 Å². The Morgan fingerprint density at radius 3 is 2.52 bits per heavy atom. The number of anilines is 1. The number of hydrogen-bond donors (Lipinski definition) is 2. The van der Waals surface area contributed by atoms with Crippen LogP contribution >= 0.6 is 0 Å². The summed E-state index contributed by atoms with van der Waals surface area (Å²) in [7, 11) is 1.29. The minimum absolute atomic E-state index is 0.0248. The van der Waals surface area contributed by atoms with Gasteiger partial charge >= 0.3 is 11.7 Å². The number of fused-ring (bicyclic) bond motifs is 1. The predicted molar refractivity (Wildman–Crippen MR) is 100 cm³/mol. The third kappa shape index (κ3) is 3.84. The van der Waals surface area contributed by atoms with Crippen molar-refractivity contribution >= 4 is 34.1 Å². The van der Waals surface area contributed by atoms with Crippen LogP contribution in [0.1, 0.15) is 10.4 Å². The van der Waals surface area contributed by atoms with Gasteiger partial charge in [0.05, 0.1) is 17.7 Å². The minimum atomic E-state index is -0.765. The summed E-state index contributed by atoms with van der Waals surface area (Å²) in [6.07, 6.45) is 0. The number of nitro benzene ring substituents is 1. The van der Waals surface area contributed by atoms with E-state index in [1.807, 2.05) is 30.3 Å². The number of carbonyl (C=O) groups excluding carboxylic acids is 2. The molecular weight excluding hydrogens is 350 g/mol. The zero-order valence-electron chi connectivity index (χ0n) is 14.3. The standard InChI is InChI=1S/C19H15N3O5/c1-27-17-10-9-13(11-16(17)22(25)26)18(23)21-19(24)20-15-8-4-6-12-5-2-3-7-14(12)15/h2-11H,1H3,(H2,20,21,23,24). The Labute approximate surface area is 153 Å². The van der Waals surface area contributed by atoms with Gasteiger partial charge in [-0.3, -0.25) is 20.2 Å². The molecule has 0 saturated carbocycles. The van der Waals surface area contributed by atoms with E-state index in [0.717, 1.165) is 16.8 Å². The van der Waals surface area contributed by atoms with Crippen LogP contribution < -0.4 is 15.4 Å². The number of rotatable bonds is 4. The van der Waals surface area contributed by atoms with E-state index in [4.69, 9.17) is 4.74 Å². The Kier molecular flexibility index (Phi) is 4.98. The molecule has 136 valence electrons. The summed E-state index contributed by atoms with van der Waals surface area (Å²) in [6.45, 7) is 0. The first-order chi connectivity index (χ1) is 13.0. The number of imide groups is 1. The van der Waals surface area contributed by atoms with Gasteiger partial charge in [-0.25, -0.2) is 4.79 Å². The first-order valence-electron chi connectivity index (χ1n) is 7.92. The quantitative estimate of drug-likeness (QED) is 0.541. The lowest BCUT2D eigenvalue weighted by atomic mass is 10.1. The third-order valence-electron chi connectivity index (χ3n) is 3.90. The van der Waals surface area contributed by atoms with E-state index in [-0.39, 0.29) is 17.0 Å². The molecule has 0 saturated heterocycles. The Bertz CT molecular complexity index is 1040. The molecule has 0 spiro atoms. The molecule has 0 radical (unpaired) electrons. The van der Waals surface area contributed by atoms with Gasteiger partial charge in [0.25, 0.3) is 5.91 Å². The summed E-state index contributed by atoms with van der Waals surface area (Å²) in [5.41, 5.74) is 0.147. The van der Waals surface area contributed by atoms with Crippen molar-refractivity contribution in [2.24, 2.45) is 0 Å². The highest BCUT2D eigenvalue weighted by molar-refractivity contribution is 6.10. The van der Waals surface area contributed by atoms with Gasteiger partial charge in [-0.2, -0.15) is 0 Å². The monoisotopic (exact) mass is 365 g/mol. The molecule has 0 fully saturated rings. The highest BCUT2D eigenvalue weighted by Gasteiger charge is 2.19. The molecule has 27 heavy (non-hydrogen) atoms. The van der Waals surface area contributed by atoms with Crippen molar-refractivity contribution in [2.75, 3.05) is 12.4 Å². The second kappa shape index (κ2) is 7.52. The number of benzene rings is 3. The van der Waals surface area contributed by atoms with Crippen LogP contribution in [-0.4, -0.2) is 24.0 Å². The molecule has 3 aromatic carbocycles. The van der Waals surface area contributed by atoms with Gasteiger partial charge in [-0.1, -0.05) is 36.4 Å². The molecule has 0 aliphatic heterocycles. The summed E-state index contributed by atoms with van der Waals surface area (Å²) in [5, 5.41) is 17.6. The molecule has 0 aromatic heterocycles. The Morgan fingerprint density at radius 1 is 1.04 bits per heavy atom. The average Bonchev–Trinajstić information content (AvgIpc) is 2.67. The molecule has 0 aliphatic rings. The summed E-state index contributed by atoms with van der Waals surface area (Å²) in [4.78, 5) is 34.8. The lowest BCUT2D eigenvalue weighted by Crippen LogP contribution is -2.34. The smallest absolute Gasteiger partial charge is 0.326 e. The van der Waals surface area contributed by atoms with Crippen molar-refractivity contribution in [3.63, 3.8) is 0 Å². The highest BCUT2D eigenvalue weighted by atomic mass is 16.6. The van der Waals surface area contributed by atoms with Gasteiger partial charge in [-0.15, -0.1) is 0 Å². The summed E-state index contributed by atoms with van der Waals surface area (Å²) in [6, 6.07) is 15.8. The summed E-state index contributed by atoms with van der Waals surface area (Å²) < 4.78 is 4.89. The lowest BCUT2D eigenvalue weighted by molar-refractivity contribution is -0.385. The fraction of sp³-hybridized carbons (Fsp3) is 0.0526. The normalized spacial score (nSPS) is 10.3. The molecule has 3 rings (SSSR count). The fourth-order valence-electron chi connectivity index (χ4n) is 2.64. The SMILES string of the molecule is COc1ccc(C(=O)NC(=O)Nc2cccc3ccccc23)cc1[N+](=O)[O-]. The van der Waals surface area contributed by atoms with Crippen LogP contribution in [0.2, 0.25) is 0 Å². The van der Waals surface area contributed by atoms with E-state index < -0.39 is 16.9 Å². The molecule has 0 bridgehead atoms. The van der Waals surface area contributed by atoms with Gasteiger partial charge in [0, 0.05) is 17.0 Å². The number of nitrogens with one attached hydrogen (secondary N) is 2. The van der Waals surface area contributed by atoms with Crippen molar-refractivity contribution in [3.05, 3.63) is 76.3 Å². The topological polar surface area (TPSA) is 111 Å². The van der Waals surface area contributed by atoms with Crippen molar-refractivity contribution in [1.29, 1.82) is 0 Å². The minimum Gasteiger partial charge on any atom is -0.490 e. The molecular formula is C19H15N3O5. The first-order valence-corrected chi connectivity index (χ1v) is 7.92. The second-order valence-electron chi connectivity index (χ2n) is 5.58. The van der Waals surface area contributed by atoms with Crippen molar-refractivity contribution in [1.82, 2.24) is 5.32 Å². The van der Waals surface area contributed by atoms with E-state index >= 15 is 0 Å². The van der Waals surface area contributed by atoms with Crippen molar-refractivity contribution < 1.29 is 19.2 Å². The summed E-state index contributed by atoms with van der Waals surface area (Å²) >= 11 is 0. The van der Waals surface area contributed by atoms with Crippen LogP contribution in [0, 0.1) is 10.1 Å². The van der Waals surface area contributed by atoms with Gasteiger partial charge < -0.3 is 10.1 Å². The molecule has 0 aliphatic carbocycles. The number of hydrogen-bond acceptors (Lipinski definition) is 5. The zero-order chi connectivity index (χ0) is 19.4. The summed E-state index contributed by atoms with van der Waals surface area (Å²) in [5.74, 6) is -0.741. The van der Waals surface area contributed by atoms with Crippen molar-refractivity contribution in [2.45, 2.75) is 0 Å². The molecule has 8 nitrogen and oxygen atoms in total. The number of methoxy groups -OCH3 is 1. The molecule has 2 N–H and O–H groups in total. The first kappa shape index (κ1) is 17.9. The fourth-order valence-corrected chi connectivity index (χ4v) is 2.64. The van der Waals surface area contributed by atoms with Gasteiger partial charge in [-0.05, 0) is 23.6 Å². The molecule has 8 heteroatoms. The number of nitrogens with zero attached hydrogens (tertiary/aromatic N) is 1. The molecule has 0 unspecified atom stereocenters. The Hall–Kier alpha value is -3.94. The number of amides is 3. The number of nitro groups is 1. The number of urea groups is 1. The van der Waals surface area contributed by atoms with Gasteiger partial charge in [0.2, 0.25) is 0 Å². The maximum atomic E-state index is 12.2. The van der Waals surface area contributed by atoms with Crippen LogP contribution in [0.25, 0.3) is 10.8 Å². The van der Waals surface area contributed by atoms with E-state index in [0.29, 0.717) is 5.69 Å². The molecule has 3 aromatic rings. The van der Waals surface area contributed by atoms with Crippen LogP contribution in [0.3, 0.4) is 0 Å². The van der Waals surface area contributed by atoms with E-state index in [1.54, 1.807) is 12.1 Å². The third-order valence-corrected chi connectivity index (χ3v) is 3.90. The molecule has 0 atom stereocenters. The number of carbonyl (C=O) groups is 2. The Morgan fingerprint density at radius 2 is 1.78 bits per heavy atom.